The van der Waals surface area contributed by atoms with E-state index in [1.165, 1.54) is 17.3 Å². The molecule has 1 amide bonds. The Morgan fingerprint density at radius 3 is 2.84 bits per heavy atom. The van der Waals surface area contributed by atoms with Crippen molar-refractivity contribution in [1.82, 2.24) is 14.8 Å². The number of nitrogens with one attached hydrogen (secondary N) is 1. The molecule has 0 aliphatic heterocycles. The van der Waals surface area contributed by atoms with Gasteiger partial charge in [-0.15, -0.1) is 10.2 Å². The zero-order valence-electron chi connectivity index (χ0n) is 14.2. The van der Waals surface area contributed by atoms with E-state index in [1.54, 1.807) is 6.26 Å². The maximum atomic E-state index is 12.2. The van der Waals surface area contributed by atoms with Gasteiger partial charge in [0.05, 0.1) is 12.0 Å². The average molecular weight is 356 g/mol. The fourth-order valence-corrected chi connectivity index (χ4v) is 3.27. The number of thioether (sulfide) groups is 1. The molecule has 6 nitrogen and oxygen atoms in total. The number of hydrogen-bond donors (Lipinski definition) is 1. The van der Waals surface area contributed by atoms with E-state index in [9.17, 15) is 4.79 Å². The highest BCUT2D eigenvalue weighted by Gasteiger charge is 2.16. The third-order valence-electron chi connectivity index (χ3n) is 3.73. The quantitative estimate of drug-likeness (QED) is 0.651. The Morgan fingerprint density at radius 1 is 1.24 bits per heavy atom. The highest BCUT2D eigenvalue weighted by molar-refractivity contribution is 7.99. The van der Waals surface area contributed by atoms with Gasteiger partial charge in [0, 0.05) is 12.2 Å². The zero-order chi connectivity index (χ0) is 17.6. The Balaban J connectivity index is 1.64. The molecule has 0 aliphatic carbocycles. The first-order chi connectivity index (χ1) is 12.2. The molecule has 2 heterocycles. The SMILES string of the molecule is CCc1cccc(NC(=O)CSc2nnc(-c3ccco3)n2CC)c1. The molecule has 0 aliphatic rings. The molecule has 3 aromatic rings. The molecule has 2 aromatic heterocycles. The summed E-state index contributed by atoms with van der Waals surface area (Å²) in [5.74, 6) is 1.55. The summed E-state index contributed by atoms with van der Waals surface area (Å²) in [6, 6.07) is 11.5. The number of nitrogens with zero attached hydrogens (tertiary/aromatic N) is 3. The lowest BCUT2D eigenvalue weighted by Gasteiger charge is -2.07. The van der Waals surface area contributed by atoms with Crippen molar-refractivity contribution in [3.05, 3.63) is 48.2 Å². The maximum absolute atomic E-state index is 12.2. The summed E-state index contributed by atoms with van der Waals surface area (Å²) in [6.07, 6.45) is 2.54. The van der Waals surface area contributed by atoms with Crippen LogP contribution in [0.15, 0.2) is 52.2 Å². The number of hydrogen-bond acceptors (Lipinski definition) is 5. The van der Waals surface area contributed by atoms with E-state index >= 15 is 0 Å². The summed E-state index contributed by atoms with van der Waals surface area (Å²) in [7, 11) is 0. The molecule has 3 rings (SSSR count). The van der Waals surface area contributed by atoms with Crippen molar-refractivity contribution in [1.29, 1.82) is 0 Å². The van der Waals surface area contributed by atoms with E-state index in [2.05, 4.69) is 22.4 Å². The average Bonchev–Trinajstić information content (AvgIpc) is 3.29. The van der Waals surface area contributed by atoms with Crippen molar-refractivity contribution in [3.8, 4) is 11.6 Å². The number of rotatable bonds is 7. The Bertz CT molecular complexity index is 843. The standard InChI is InChI=1S/C18H20N4O2S/c1-3-13-7-5-8-14(11-13)19-16(23)12-25-18-21-20-17(22(18)4-2)15-9-6-10-24-15/h5-11H,3-4,12H2,1-2H3,(H,19,23). The maximum Gasteiger partial charge on any atom is 0.234 e. The van der Waals surface area contributed by atoms with Crippen LogP contribution in [0.25, 0.3) is 11.6 Å². The third kappa shape index (κ3) is 4.11. The van der Waals surface area contributed by atoms with E-state index in [0.717, 1.165) is 12.1 Å². The lowest BCUT2D eigenvalue weighted by molar-refractivity contribution is -0.113. The molecule has 130 valence electrons. The first-order valence-electron chi connectivity index (χ1n) is 8.20. The predicted molar refractivity (Wildman–Crippen MR) is 98.6 cm³/mol. The van der Waals surface area contributed by atoms with Gasteiger partial charge in [0.1, 0.15) is 0 Å². The van der Waals surface area contributed by atoms with Crippen molar-refractivity contribution < 1.29 is 9.21 Å². The molecule has 0 radical (unpaired) electrons. The number of furan rings is 1. The van der Waals surface area contributed by atoms with Crippen molar-refractivity contribution in [2.45, 2.75) is 32.0 Å². The van der Waals surface area contributed by atoms with Gasteiger partial charge in [-0.1, -0.05) is 30.8 Å². The number of amides is 1. The Morgan fingerprint density at radius 2 is 2.12 bits per heavy atom. The van der Waals surface area contributed by atoms with Crippen LogP contribution in [0.2, 0.25) is 0 Å². The topological polar surface area (TPSA) is 73.0 Å². The van der Waals surface area contributed by atoms with E-state index in [1.807, 2.05) is 47.9 Å². The molecular formula is C18H20N4O2S. The molecule has 0 atom stereocenters. The molecule has 25 heavy (non-hydrogen) atoms. The summed E-state index contributed by atoms with van der Waals surface area (Å²) in [4.78, 5) is 12.2. The highest BCUT2D eigenvalue weighted by atomic mass is 32.2. The molecule has 0 fully saturated rings. The number of benzene rings is 1. The third-order valence-corrected chi connectivity index (χ3v) is 4.69. The van der Waals surface area contributed by atoms with Gasteiger partial charge in [-0.2, -0.15) is 0 Å². The minimum Gasteiger partial charge on any atom is -0.461 e. The summed E-state index contributed by atoms with van der Waals surface area (Å²) in [6.45, 7) is 4.80. The van der Waals surface area contributed by atoms with E-state index in [4.69, 9.17) is 4.42 Å². The molecule has 0 spiro atoms. The number of aromatic nitrogens is 3. The number of aryl methyl sites for hydroxylation is 1. The van der Waals surface area contributed by atoms with Gasteiger partial charge in [-0.3, -0.25) is 9.36 Å². The summed E-state index contributed by atoms with van der Waals surface area (Å²) >= 11 is 1.36. The number of carbonyl (C=O) groups is 1. The van der Waals surface area contributed by atoms with Crippen LogP contribution in [-0.2, 0) is 17.8 Å². The van der Waals surface area contributed by atoms with Gasteiger partial charge < -0.3 is 9.73 Å². The van der Waals surface area contributed by atoms with Crippen LogP contribution >= 0.6 is 11.8 Å². The van der Waals surface area contributed by atoms with Gasteiger partial charge in [-0.25, -0.2) is 0 Å². The number of anilines is 1. The second-order valence-electron chi connectivity index (χ2n) is 5.42. The van der Waals surface area contributed by atoms with Crippen molar-refractivity contribution >= 4 is 23.4 Å². The second-order valence-corrected chi connectivity index (χ2v) is 6.36. The van der Waals surface area contributed by atoms with Gasteiger partial charge in [-0.05, 0) is 43.2 Å². The van der Waals surface area contributed by atoms with Gasteiger partial charge in [0.2, 0.25) is 5.91 Å². The minimum atomic E-state index is -0.0662. The molecule has 1 aromatic carbocycles. The van der Waals surface area contributed by atoms with Gasteiger partial charge in [0.15, 0.2) is 16.7 Å². The summed E-state index contributed by atoms with van der Waals surface area (Å²) < 4.78 is 7.33. The van der Waals surface area contributed by atoms with E-state index in [0.29, 0.717) is 23.3 Å². The monoisotopic (exact) mass is 356 g/mol. The Hall–Kier alpha value is -2.54. The van der Waals surface area contributed by atoms with Gasteiger partial charge >= 0.3 is 0 Å². The van der Waals surface area contributed by atoms with E-state index < -0.39 is 0 Å². The van der Waals surface area contributed by atoms with Crippen LogP contribution in [0.3, 0.4) is 0 Å². The summed E-state index contributed by atoms with van der Waals surface area (Å²) in [5, 5.41) is 12.0. The minimum absolute atomic E-state index is 0.0662. The lowest BCUT2D eigenvalue weighted by Crippen LogP contribution is -2.14. The van der Waals surface area contributed by atoms with Crippen molar-refractivity contribution in [2.24, 2.45) is 0 Å². The second kappa shape index (κ2) is 8.02. The molecular weight excluding hydrogens is 336 g/mol. The van der Waals surface area contributed by atoms with Crippen LogP contribution in [0.1, 0.15) is 19.4 Å². The Kier molecular flexibility index (Phi) is 5.55. The fraction of sp³-hybridized carbons (Fsp3) is 0.278. The molecule has 0 saturated carbocycles. The van der Waals surface area contributed by atoms with Crippen LogP contribution in [-0.4, -0.2) is 26.4 Å². The van der Waals surface area contributed by atoms with Crippen LogP contribution in [0, 0.1) is 0 Å². The molecule has 0 saturated heterocycles. The molecule has 0 bridgehead atoms. The van der Waals surface area contributed by atoms with Crippen LogP contribution in [0.5, 0.6) is 0 Å². The van der Waals surface area contributed by atoms with Crippen LogP contribution < -0.4 is 5.32 Å². The van der Waals surface area contributed by atoms with Gasteiger partial charge in [0.25, 0.3) is 0 Å². The van der Waals surface area contributed by atoms with Crippen molar-refractivity contribution in [3.63, 3.8) is 0 Å². The normalized spacial score (nSPS) is 10.8. The molecule has 0 unspecified atom stereocenters. The largest absolute Gasteiger partial charge is 0.461 e. The van der Waals surface area contributed by atoms with Crippen molar-refractivity contribution in [2.75, 3.05) is 11.1 Å². The predicted octanol–water partition coefficient (Wildman–Crippen LogP) is 3.85. The molecule has 7 heteroatoms. The zero-order valence-corrected chi connectivity index (χ0v) is 15.0. The van der Waals surface area contributed by atoms with Crippen LogP contribution in [0.4, 0.5) is 5.69 Å². The van der Waals surface area contributed by atoms with E-state index in [-0.39, 0.29) is 11.7 Å². The lowest BCUT2D eigenvalue weighted by atomic mass is 10.1. The smallest absolute Gasteiger partial charge is 0.234 e. The highest BCUT2D eigenvalue weighted by Crippen LogP contribution is 2.24. The Labute approximate surface area is 150 Å². The molecule has 1 N–H and O–H groups in total. The summed E-state index contributed by atoms with van der Waals surface area (Å²) in [5.41, 5.74) is 2.01. The number of carbonyl (C=O) groups excluding carboxylic acids is 1. The fourth-order valence-electron chi connectivity index (χ4n) is 2.46. The first kappa shape index (κ1) is 17.3. The first-order valence-corrected chi connectivity index (χ1v) is 9.18.